The Bertz CT molecular complexity index is 2220. The summed E-state index contributed by atoms with van der Waals surface area (Å²) in [6.07, 6.45) is 4.33. The number of fused-ring (bicyclic) bond motifs is 3. The Labute approximate surface area is 325 Å². The summed E-state index contributed by atoms with van der Waals surface area (Å²) in [4.78, 5) is 85.2. The van der Waals surface area contributed by atoms with Crippen molar-refractivity contribution in [1.82, 2.24) is 19.8 Å². The van der Waals surface area contributed by atoms with Crippen LogP contribution in [0.3, 0.4) is 0 Å². The molecule has 2 aliphatic carbocycles. The fourth-order valence-corrected chi connectivity index (χ4v) is 9.85. The van der Waals surface area contributed by atoms with Crippen LogP contribution in [0, 0.1) is 11.7 Å². The maximum absolute atomic E-state index is 14.6. The largest absolute Gasteiger partial charge is 0.444 e. The highest BCUT2D eigenvalue weighted by molar-refractivity contribution is 7.91. The third-order valence-electron chi connectivity index (χ3n) is 12.0. The average Bonchev–Trinajstić information content (AvgIpc) is 4.00. The standard InChI is InChI=1S/C38H43F3N6O9S/c39-26-9-6-7-21-17-46(19-25(21)26)36(53)56-23-15-28-33(50)43-38(35(52)44-57(54,55)24-11-12-24)16-22(38)8-4-2-1-3-5-10-27(34(51)47(28)18-23)42-29-30(32(49)31(29)48)45-14-13-37(40,41)20-45/h4,6-9,22-24,27-28,42H,1-3,5,10-20H2,(H,43,50)(H,44,52)/t22-,23-,27+,28+,38-/m1/s1. The minimum atomic E-state index is -3.99. The molecule has 19 heteroatoms. The molecule has 4 heterocycles. The number of hydrogen-bond acceptors (Lipinski definition) is 11. The molecule has 0 unspecified atom stereocenters. The Morgan fingerprint density at radius 2 is 1.79 bits per heavy atom. The molecule has 5 atom stereocenters. The van der Waals surface area contributed by atoms with Gasteiger partial charge in [-0.1, -0.05) is 37.1 Å². The summed E-state index contributed by atoms with van der Waals surface area (Å²) in [6, 6.07) is 1.93. The second-order valence-corrected chi connectivity index (χ2v) is 18.1. The van der Waals surface area contributed by atoms with Crippen LogP contribution in [0.4, 0.5) is 29.3 Å². The van der Waals surface area contributed by atoms with Gasteiger partial charge >= 0.3 is 6.09 Å². The molecule has 3 N–H and O–H groups in total. The lowest BCUT2D eigenvalue weighted by atomic mass is 10.0. The molecular weight excluding hydrogens is 774 g/mol. The van der Waals surface area contributed by atoms with Crippen LogP contribution in [0.2, 0.25) is 0 Å². The van der Waals surface area contributed by atoms with E-state index in [0.717, 1.165) is 9.80 Å². The predicted molar refractivity (Wildman–Crippen MR) is 198 cm³/mol. The SMILES string of the molecule is O=C1N[C@]2(C(=O)NS(=O)(=O)C3CC3)C[C@H]2C=CCCCCC[C@H](Nc2c(N3CCC(F)(F)C3)c(=O)c2=O)C(=O)N2C[C@H](OC(=O)N3Cc4cccc(F)c4C3)C[C@@H]12. The normalized spacial score (nSPS) is 28.9. The highest BCUT2D eigenvalue weighted by atomic mass is 32.2. The van der Waals surface area contributed by atoms with Crippen LogP contribution in [0.25, 0.3) is 0 Å². The highest BCUT2D eigenvalue weighted by Crippen LogP contribution is 2.46. The molecule has 0 spiro atoms. The maximum Gasteiger partial charge on any atom is 0.410 e. The molecule has 306 valence electrons. The van der Waals surface area contributed by atoms with Gasteiger partial charge in [0.15, 0.2) is 0 Å². The lowest BCUT2D eigenvalue weighted by Gasteiger charge is -2.31. The quantitative estimate of drug-likeness (QED) is 0.274. The molecule has 0 aromatic heterocycles. The number of nitrogens with zero attached hydrogens (tertiary/aromatic N) is 3. The number of allylic oxidation sites excluding steroid dienone is 1. The molecule has 2 aromatic carbocycles. The molecule has 6 aliphatic rings. The number of ether oxygens (including phenoxy) is 1. The lowest BCUT2D eigenvalue weighted by molar-refractivity contribution is -0.140. The van der Waals surface area contributed by atoms with Gasteiger partial charge in [0.05, 0.1) is 24.9 Å². The number of carbonyl (C=O) groups excluding carboxylic acids is 4. The highest BCUT2D eigenvalue weighted by Gasteiger charge is 2.62. The van der Waals surface area contributed by atoms with Crippen LogP contribution >= 0.6 is 0 Å². The van der Waals surface area contributed by atoms with Crippen LogP contribution in [-0.4, -0.2) is 96.6 Å². The zero-order valence-electron chi connectivity index (χ0n) is 30.9. The van der Waals surface area contributed by atoms with Gasteiger partial charge in [-0.25, -0.2) is 26.4 Å². The van der Waals surface area contributed by atoms with E-state index >= 15 is 0 Å². The number of benzene rings is 1. The first-order valence-electron chi connectivity index (χ1n) is 19.4. The van der Waals surface area contributed by atoms with Gasteiger partial charge in [0.1, 0.15) is 40.9 Å². The maximum atomic E-state index is 14.6. The number of sulfonamides is 1. The van der Waals surface area contributed by atoms with E-state index in [1.807, 2.05) is 6.08 Å². The zero-order chi connectivity index (χ0) is 40.4. The second-order valence-electron chi connectivity index (χ2n) is 16.1. The Hall–Kier alpha value is -4.94. The molecule has 4 aliphatic heterocycles. The van der Waals surface area contributed by atoms with E-state index in [0.29, 0.717) is 49.7 Å². The molecule has 2 saturated carbocycles. The van der Waals surface area contributed by atoms with E-state index in [9.17, 15) is 50.4 Å². The molecule has 57 heavy (non-hydrogen) atoms. The van der Waals surface area contributed by atoms with Crippen molar-refractivity contribution in [3.8, 4) is 0 Å². The van der Waals surface area contributed by atoms with Gasteiger partial charge in [-0.2, -0.15) is 0 Å². The smallest absolute Gasteiger partial charge is 0.410 e. The summed E-state index contributed by atoms with van der Waals surface area (Å²) in [7, 11) is -3.99. The summed E-state index contributed by atoms with van der Waals surface area (Å²) in [5.74, 6) is -6.51. The average molecular weight is 817 g/mol. The summed E-state index contributed by atoms with van der Waals surface area (Å²) in [5, 5.41) is 4.90. The van der Waals surface area contributed by atoms with Crippen LogP contribution in [0.15, 0.2) is 39.9 Å². The van der Waals surface area contributed by atoms with Crippen LogP contribution in [-0.2, 0) is 42.2 Å². The van der Waals surface area contributed by atoms with Gasteiger partial charge in [-0.3, -0.25) is 33.6 Å². The Kier molecular flexibility index (Phi) is 9.87. The van der Waals surface area contributed by atoms with E-state index in [1.165, 1.54) is 17.0 Å². The molecule has 2 aromatic rings. The topological polar surface area (TPSA) is 192 Å². The molecule has 0 bridgehead atoms. The van der Waals surface area contributed by atoms with E-state index in [1.54, 1.807) is 12.1 Å². The second kappa shape index (κ2) is 14.5. The molecule has 2 saturated heterocycles. The van der Waals surface area contributed by atoms with Crippen molar-refractivity contribution >= 4 is 45.2 Å². The van der Waals surface area contributed by atoms with E-state index in [4.69, 9.17) is 4.74 Å². The zero-order valence-corrected chi connectivity index (χ0v) is 31.8. The van der Waals surface area contributed by atoms with Crippen LogP contribution in [0.5, 0.6) is 0 Å². The van der Waals surface area contributed by atoms with Crippen molar-refractivity contribution in [2.75, 3.05) is 29.9 Å². The fraction of sp³-hybridized carbons (Fsp3) is 0.579. The van der Waals surface area contributed by atoms with Gasteiger partial charge < -0.3 is 25.2 Å². The predicted octanol–water partition coefficient (Wildman–Crippen LogP) is 2.17. The summed E-state index contributed by atoms with van der Waals surface area (Å²) >= 11 is 0. The summed E-state index contributed by atoms with van der Waals surface area (Å²) in [5.41, 5.74) is -3.11. The van der Waals surface area contributed by atoms with Gasteiger partial charge in [-0.05, 0) is 50.2 Å². The van der Waals surface area contributed by atoms with Crippen molar-refractivity contribution in [2.45, 2.75) is 112 Å². The molecule has 4 amide bonds. The minimum absolute atomic E-state index is 0.0600. The fourth-order valence-electron chi connectivity index (χ4n) is 8.49. The number of hydrogen-bond donors (Lipinski definition) is 3. The number of anilines is 2. The van der Waals surface area contributed by atoms with Gasteiger partial charge in [0, 0.05) is 37.4 Å². The van der Waals surface area contributed by atoms with Crippen molar-refractivity contribution in [2.24, 2.45) is 5.92 Å². The van der Waals surface area contributed by atoms with Crippen molar-refractivity contribution in [3.05, 3.63) is 67.7 Å². The van der Waals surface area contributed by atoms with E-state index < -0.39 is 104 Å². The lowest BCUT2D eigenvalue weighted by Crippen LogP contribution is -2.58. The number of rotatable bonds is 7. The van der Waals surface area contributed by atoms with E-state index in [2.05, 4.69) is 15.4 Å². The van der Waals surface area contributed by atoms with E-state index in [-0.39, 0.29) is 56.8 Å². The number of alkyl halides is 2. The molecule has 15 nitrogen and oxygen atoms in total. The van der Waals surface area contributed by atoms with Gasteiger partial charge in [0.25, 0.3) is 22.7 Å². The first-order valence-corrected chi connectivity index (χ1v) is 20.9. The first kappa shape index (κ1) is 38.9. The monoisotopic (exact) mass is 816 g/mol. The summed E-state index contributed by atoms with van der Waals surface area (Å²) < 4.78 is 76.4. The van der Waals surface area contributed by atoms with Crippen molar-refractivity contribution in [3.63, 3.8) is 0 Å². The number of carbonyl (C=O) groups is 4. The van der Waals surface area contributed by atoms with Crippen molar-refractivity contribution in [1.29, 1.82) is 0 Å². The summed E-state index contributed by atoms with van der Waals surface area (Å²) in [6.45, 7) is -1.23. The first-order chi connectivity index (χ1) is 27.1. The Morgan fingerprint density at radius 1 is 1.00 bits per heavy atom. The van der Waals surface area contributed by atoms with Crippen LogP contribution in [0.1, 0.15) is 75.3 Å². The molecule has 8 rings (SSSR count). The molecule has 0 radical (unpaired) electrons. The van der Waals surface area contributed by atoms with Crippen LogP contribution < -0.4 is 31.1 Å². The van der Waals surface area contributed by atoms with Gasteiger partial charge in [-0.15, -0.1) is 0 Å². The Morgan fingerprint density at radius 3 is 2.51 bits per heavy atom. The Balaban J connectivity index is 1.07. The number of nitrogens with one attached hydrogen (secondary N) is 3. The third-order valence-corrected chi connectivity index (χ3v) is 13.8. The number of halogens is 3. The number of amides is 4. The molecule has 4 fully saturated rings. The van der Waals surface area contributed by atoms with Gasteiger partial charge in [0.2, 0.25) is 21.8 Å². The minimum Gasteiger partial charge on any atom is -0.444 e. The van der Waals surface area contributed by atoms with Crippen molar-refractivity contribution < 1.29 is 45.5 Å². The molecular formula is C38H43F3N6O9S. The third kappa shape index (κ3) is 7.49.